The molecule has 1 aromatic carbocycles. The Bertz CT molecular complexity index is 1810. The maximum absolute atomic E-state index is 14.6. The van der Waals surface area contributed by atoms with Crippen molar-refractivity contribution in [2.75, 3.05) is 6.54 Å². The first kappa shape index (κ1) is 50.7. The number of carbonyl (C=O) groups is 3. The van der Waals surface area contributed by atoms with E-state index in [1.165, 1.54) is 20.8 Å². The minimum Gasteiger partial charge on any atom is -0.464 e. The zero-order chi connectivity index (χ0) is 46.8. The monoisotopic (exact) mass is 888 g/mol. The summed E-state index contributed by atoms with van der Waals surface area (Å²) in [6.07, 6.45) is -8.26. The molecule has 3 aliphatic rings. The zero-order valence-electron chi connectivity index (χ0n) is 38.9. The van der Waals surface area contributed by atoms with Crippen molar-refractivity contribution in [3.8, 4) is 11.3 Å². The van der Waals surface area contributed by atoms with Gasteiger partial charge in [0.25, 0.3) is 0 Å². The van der Waals surface area contributed by atoms with Crippen LogP contribution in [0.1, 0.15) is 107 Å². The highest BCUT2D eigenvalue weighted by Gasteiger charge is 2.53. The lowest BCUT2D eigenvalue weighted by Crippen LogP contribution is -2.59. The first-order chi connectivity index (χ1) is 29.3. The molecule has 3 saturated heterocycles. The van der Waals surface area contributed by atoms with Crippen molar-refractivity contribution in [2.45, 2.75) is 181 Å². The van der Waals surface area contributed by atoms with Crippen LogP contribution in [0.15, 0.2) is 47.1 Å². The highest BCUT2D eigenvalue weighted by molar-refractivity contribution is 5.83. The summed E-state index contributed by atoms with van der Waals surface area (Å²) in [6.45, 7) is 18.4. The number of hydrogen-bond donors (Lipinski definition) is 6. The zero-order valence-corrected chi connectivity index (χ0v) is 38.9. The molecule has 3 fully saturated rings. The van der Waals surface area contributed by atoms with Crippen LogP contribution in [-0.2, 0) is 44.5 Å². The highest BCUT2D eigenvalue weighted by atomic mass is 16.7. The fourth-order valence-electron chi connectivity index (χ4n) is 9.87. The number of esters is 1. The van der Waals surface area contributed by atoms with Gasteiger partial charge in [0.2, 0.25) is 5.91 Å². The van der Waals surface area contributed by atoms with Gasteiger partial charge < -0.3 is 59.0 Å². The fraction of sp³-hybridized carbons (Fsp3) is 0.729. The van der Waals surface area contributed by atoms with E-state index in [4.69, 9.17) is 28.1 Å². The van der Waals surface area contributed by atoms with Crippen molar-refractivity contribution in [1.29, 1.82) is 0 Å². The van der Waals surface area contributed by atoms with Crippen LogP contribution in [0.5, 0.6) is 0 Å². The van der Waals surface area contributed by atoms with E-state index in [2.05, 4.69) is 5.32 Å². The van der Waals surface area contributed by atoms with E-state index in [0.717, 1.165) is 11.1 Å². The summed E-state index contributed by atoms with van der Waals surface area (Å²) in [4.78, 5) is 41.9. The van der Waals surface area contributed by atoms with E-state index in [0.29, 0.717) is 12.2 Å². The van der Waals surface area contributed by atoms with Gasteiger partial charge in [0.05, 0.1) is 60.8 Å². The van der Waals surface area contributed by atoms with Gasteiger partial charge in [-0.25, -0.2) is 0 Å². The number of aliphatic hydroxyl groups excluding tert-OH is 3. The van der Waals surface area contributed by atoms with Crippen molar-refractivity contribution >= 4 is 17.7 Å². The van der Waals surface area contributed by atoms with Crippen molar-refractivity contribution in [1.82, 2.24) is 5.32 Å². The van der Waals surface area contributed by atoms with Crippen molar-refractivity contribution in [3.05, 3.63) is 48.2 Å². The Hall–Kier alpha value is -3.25. The number of carbonyl (C=O) groups excluding carboxylic acids is 3. The van der Waals surface area contributed by atoms with Crippen LogP contribution in [0.4, 0.5) is 0 Å². The summed E-state index contributed by atoms with van der Waals surface area (Å²) < 4.78 is 37.2. The second kappa shape index (κ2) is 20.5. The number of hydrogen-bond acceptors (Lipinski definition) is 14. The summed E-state index contributed by atoms with van der Waals surface area (Å²) in [6, 6.07) is 11.0. The topological polar surface area (TPSA) is 224 Å². The Morgan fingerprint density at radius 2 is 1.52 bits per heavy atom. The molecule has 17 atom stereocenters. The number of ether oxygens (including phenoxy) is 5. The molecule has 4 heterocycles. The van der Waals surface area contributed by atoms with Gasteiger partial charge in [0.15, 0.2) is 12.6 Å². The molecule has 0 spiro atoms. The smallest absolute Gasteiger partial charge is 0.311 e. The highest BCUT2D eigenvalue weighted by Crippen LogP contribution is 2.42. The van der Waals surface area contributed by atoms with Gasteiger partial charge in [-0.3, -0.25) is 14.4 Å². The van der Waals surface area contributed by atoms with Crippen LogP contribution in [0, 0.1) is 35.0 Å². The quantitative estimate of drug-likeness (QED) is 0.178. The molecular weight excluding hydrogens is 815 g/mol. The molecule has 5 rings (SSSR count). The summed E-state index contributed by atoms with van der Waals surface area (Å²) >= 11 is 0. The van der Waals surface area contributed by atoms with Crippen molar-refractivity contribution in [3.63, 3.8) is 0 Å². The molecule has 1 amide bonds. The lowest BCUT2D eigenvalue weighted by molar-refractivity contribution is -0.312. The molecule has 0 aliphatic carbocycles. The molecule has 15 heteroatoms. The minimum absolute atomic E-state index is 0.0444. The van der Waals surface area contributed by atoms with E-state index in [9.17, 15) is 39.9 Å². The van der Waals surface area contributed by atoms with Crippen LogP contribution in [0.3, 0.4) is 0 Å². The number of rotatable bonds is 10. The van der Waals surface area contributed by atoms with Crippen LogP contribution >= 0.6 is 0 Å². The number of Topliss-reactive ketones (excluding diaryl/α,β-unsaturated/α-hetero) is 1. The first-order valence-corrected chi connectivity index (χ1v) is 22.6. The van der Waals surface area contributed by atoms with Gasteiger partial charge in [0, 0.05) is 42.7 Å². The molecule has 0 bridgehead atoms. The Labute approximate surface area is 372 Å². The van der Waals surface area contributed by atoms with E-state index < -0.39 is 107 Å². The number of furan rings is 1. The third-order valence-corrected chi connectivity index (χ3v) is 13.8. The summed E-state index contributed by atoms with van der Waals surface area (Å²) in [7, 11) is 0. The van der Waals surface area contributed by atoms with Gasteiger partial charge >= 0.3 is 5.97 Å². The third-order valence-electron chi connectivity index (χ3n) is 13.8. The van der Waals surface area contributed by atoms with Gasteiger partial charge in [-0.1, -0.05) is 65.8 Å². The predicted octanol–water partition coefficient (Wildman–Crippen LogP) is 4.71. The molecule has 3 aliphatic heterocycles. The molecule has 6 N–H and O–H groups in total. The van der Waals surface area contributed by atoms with E-state index >= 15 is 0 Å². The molecule has 15 nitrogen and oxygen atoms in total. The lowest BCUT2D eigenvalue weighted by Gasteiger charge is -2.48. The molecule has 0 radical (unpaired) electrons. The van der Waals surface area contributed by atoms with Crippen molar-refractivity contribution < 1.29 is 68.0 Å². The number of nitrogens with one attached hydrogen (secondary N) is 1. The second-order valence-corrected chi connectivity index (χ2v) is 20.0. The molecule has 354 valence electrons. The molecule has 63 heavy (non-hydrogen) atoms. The Morgan fingerprint density at radius 3 is 2.14 bits per heavy atom. The Balaban J connectivity index is 1.46. The second-order valence-electron chi connectivity index (χ2n) is 20.0. The standard InChI is InChI=1S/C48H73NO14/c1-25-21-27(3)59-45(39(25)52)63-43-29(5)40(62-37-24-46(8,9)42(54)31(7)60-37)30(6)44(55)61-35(48(11,57)41(53)28(4)38(51)26(2)23-47(43,10)56)18-19-49-36(50)22-32-14-16-33(17-15-32)34-13-12-20-58-34/h12-17,20,25-31,35,37,39-43,45,52-54,56-57H,18-19,21-24H2,1-11H3,(H,49,50)/t25?,26-,27?,28+,29+,30-,31?,35-,37?,39?,40+,41-,42?,43-,45?,47-,48-/m1/s1. The van der Waals surface area contributed by atoms with E-state index in [-0.39, 0.29) is 50.2 Å². The van der Waals surface area contributed by atoms with Gasteiger partial charge in [0.1, 0.15) is 29.4 Å². The van der Waals surface area contributed by atoms with Crippen LogP contribution in [0.25, 0.3) is 11.3 Å². The third kappa shape index (κ3) is 12.0. The number of cyclic esters (lactones) is 1. The number of benzene rings is 1. The van der Waals surface area contributed by atoms with E-state index in [1.807, 2.05) is 58.0 Å². The Morgan fingerprint density at radius 1 is 0.857 bits per heavy atom. The van der Waals surface area contributed by atoms with E-state index in [1.54, 1.807) is 40.0 Å². The molecule has 2 aromatic rings. The largest absolute Gasteiger partial charge is 0.464 e. The average molecular weight is 888 g/mol. The molecule has 1 aromatic heterocycles. The average Bonchev–Trinajstić information content (AvgIpc) is 3.76. The maximum atomic E-state index is 14.6. The first-order valence-electron chi connectivity index (χ1n) is 22.6. The van der Waals surface area contributed by atoms with Gasteiger partial charge in [-0.15, -0.1) is 0 Å². The van der Waals surface area contributed by atoms with Crippen LogP contribution in [-0.4, -0.2) is 122 Å². The molecule has 7 unspecified atom stereocenters. The van der Waals surface area contributed by atoms with Gasteiger partial charge in [-0.2, -0.15) is 0 Å². The van der Waals surface area contributed by atoms with Crippen LogP contribution in [0.2, 0.25) is 0 Å². The van der Waals surface area contributed by atoms with Gasteiger partial charge in [-0.05, 0) is 76.5 Å². The fourth-order valence-corrected chi connectivity index (χ4v) is 9.87. The normalized spacial score (nSPS) is 40.7. The minimum atomic E-state index is -2.19. The Kier molecular flexibility index (Phi) is 16.5. The molecule has 0 saturated carbocycles. The number of aliphatic hydroxyl groups is 5. The molecular formula is C48H73NO14. The van der Waals surface area contributed by atoms with Crippen molar-refractivity contribution in [2.24, 2.45) is 35.0 Å². The number of ketones is 1. The summed E-state index contributed by atoms with van der Waals surface area (Å²) in [5, 5.41) is 61.4. The predicted molar refractivity (Wildman–Crippen MR) is 231 cm³/mol. The lowest BCUT2D eigenvalue weighted by atomic mass is 9.74. The SMILES string of the molecule is CC1CC(C)C(O)C(O[C@@H]2[C@@H](C)[C@H](OC3CC(C)(C)C(O)C(C)O3)[C@@H](C)C(=O)O[C@H](CCNC(=O)Cc3ccc(-c4ccco4)cc3)[C@@](C)(O)[C@H](O)[C@@H](C)C(=O)[C@H](C)C[C@@]2(C)O)O1. The van der Waals surface area contributed by atoms with Crippen LogP contribution < -0.4 is 5.32 Å². The number of amides is 1. The summed E-state index contributed by atoms with van der Waals surface area (Å²) in [5.74, 6) is -5.23. The summed E-state index contributed by atoms with van der Waals surface area (Å²) in [5.41, 5.74) is -3.06. The maximum Gasteiger partial charge on any atom is 0.311 e.